The van der Waals surface area contributed by atoms with Crippen molar-refractivity contribution in [2.45, 2.75) is 30.5 Å². The number of ether oxygens (including phenoxy) is 1. The van der Waals surface area contributed by atoms with E-state index in [9.17, 15) is 31.2 Å². The van der Waals surface area contributed by atoms with Gasteiger partial charge in [0, 0.05) is 31.7 Å². The van der Waals surface area contributed by atoms with Crippen LogP contribution in [0.1, 0.15) is 27.0 Å². The molecule has 4 aromatic rings. The van der Waals surface area contributed by atoms with Gasteiger partial charge in [-0.2, -0.15) is 13.2 Å². The largest absolute Gasteiger partial charge is 0.497 e. The second kappa shape index (κ2) is 17.9. The number of aliphatic carboxylic acids is 1. The summed E-state index contributed by atoms with van der Waals surface area (Å²) in [5, 5.41) is 15.1. The third-order valence-corrected chi connectivity index (χ3v) is 8.15. The number of nitrogens with two attached hydrogens (primary N) is 2. The number of benzene rings is 4. The topological polar surface area (TPSA) is 182 Å². The molecule has 266 valence electrons. The molecular formula is C35H37F3N4O7S. The Labute approximate surface area is 287 Å². The lowest BCUT2D eigenvalue weighted by molar-refractivity contribution is -0.192. The number of carboxylic acid groups (broad SMARTS) is 1. The summed E-state index contributed by atoms with van der Waals surface area (Å²) in [7, 11) is -2.19. The van der Waals surface area contributed by atoms with Crippen LogP contribution in [0.25, 0.3) is 11.1 Å². The summed E-state index contributed by atoms with van der Waals surface area (Å²) < 4.78 is 60.2. The standard InChI is InChI=1S/C33H36N4O5S.C2HF3O2/c1-42-30-12-8-25(9-13-30)21-32(38)37(19-16-24-10-14-31(15-11-24)43(35,40)41)23-26-4-2-5-27(20-26)28-6-3-7-29(22-28)33(39)36-18-17-34;3-2(4,5)1(6)7/h2-15,20,22H,16-19,21,23,34H2,1H3,(H,36,39)(H2,35,40,41);(H,6,7). The fraction of sp³-hybridized carbons (Fsp3) is 0.229. The molecule has 0 spiro atoms. The molecule has 11 nitrogen and oxygen atoms in total. The van der Waals surface area contributed by atoms with E-state index in [1.54, 1.807) is 30.2 Å². The summed E-state index contributed by atoms with van der Waals surface area (Å²) in [4.78, 5) is 36.8. The van der Waals surface area contributed by atoms with Crippen molar-refractivity contribution < 1.29 is 45.8 Å². The van der Waals surface area contributed by atoms with Gasteiger partial charge in [0.05, 0.1) is 18.4 Å². The number of hydrogen-bond acceptors (Lipinski definition) is 7. The number of nitrogens with zero attached hydrogens (tertiary/aromatic N) is 1. The number of carbonyl (C=O) groups excluding carboxylic acids is 2. The van der Waals surface area contributed by atoms with Crippen molar-refractivity contribution in [2.75, 3.05) is 26.7 Å². The van der Waals surface area contributed by atoms with Gasteiger partial charge in [0.1, 0.15) is 5.75 Å². The number of primary sulfonamides is 1. The highest BCUT2D eigenvalue weighted by atomic mass is 32.2. The molecule has 4 aromatic carbocycles. The Hall–Kier alpha value is -5.25. The normalized spacial score (nSPS) is 11.2. The summed E-state index contributed by atoms with van der Waals surface area (Å²) in [5.74, 6) is -2.27. The molecule has 2 amide bonds. The Morgan fingerprint density at radius 1 is 0.860 bits per heavy atom. The molecule has 0 bridgehead atoms. The first-order valence-electron chi connectivity index (χ1n) is 15.1. The van der Waals surface area contributed by atoms with Crippen molar-refractivity contribution in [1.82, 2.24) is 10.2 Å². The van der Waals surface area contributed by atoms with Gasteiger partial charge < -0.3 is 25.8 Å². The fourth-order valence-electron chi connectivity index (χ4n) is 4.63. The third kappa shape index (κ3) is 12.3. The van der Waals surface area contributed by atoms with Crippen LogP contribution >= 0.6 is 0 Å². The van der Waals surface area contributed by atoms with Crippen LogP contribution in [0.15, 0.2) is 102 Å². The number of carbonyl (C=O) groups is 3. The first-order valence-corrected chi connectivity index (χ1v) is 16.7. The first-order chi connectivity index (χ1) is 23.6. The predicted molar refractivity (Wildman–Crippen MR) is 181 cm³/mol. The number of methoxy groups -OCH3 is 1. The molecule has 0 saturated carbocycles. The monoisotopic (exact) mass is 714 g/mol. The number of rotatable bonds is 13. The Bertz CT molecular complexity index is 1870. The van der Waals surface area contributed by atoms with E-state index in [0.29, 0.717) is 43.9 Å². The van der Waals surface area contributed by atoms with Gasteiger partial charge in [-0.1, -0.05) is 54.6 Å². The van der Waals surface area contributed by atoms with Crippen molar-refractivity contribution in [2.24, 2.45) is 10.9 Å². The van der Waals surface area contributed by atoms with Gasteiger partial charge in [0.15, 0.2) is 0 Å². The molecule has 15 heteroatoms. The minimum absolute atomic E-state index is 0.0430. The van der Waals surface area contributed by atoms with Crippen LogP contribution in [-0.4, -0.2) is 69.1 Å². The molecule has 50 heavy (non-hydrogen) atoms. The van der Waals surface area contributed by atoms with Crippen molar-refractivity contribution in [1.29, 1.82) is 0 Å². The molecule has 0 fully saturated rings. The van der Waals surface area contributed by atoms with E-state index in [1.165, 1.54) is 12.1 Å². The Kier molecular flexibility index (Phi) is 14.1. The zero-order chi connectivity index (χ0) is 36.9. The lowest BCUT2D eigenvalue weighted by Crippen LogP contribution is -2.33. The molecule has 0 atom stereocenters. The number of halogens is 3. The molecule has 0 heterocycles. The summed E-state index contributed by atoms with van der Waals surface area (Å²) in [6.45, 7) is 1.55. The van der Waals surface area contributed by atoms with E-state index in [-0.39, 0.29) is 23.1 Å². The third-order valence-electron chi connectivity index (χ3n) is 7.22. The molecule has 0 unspecified atom stereocenters. The average molecular weight is 715 g/mol. The van der Waals surface area contributed by atoms with Crippen LogP contribution in [0, 0.1) is 0 Å². The van der Waals surface area contributed by atoms with Crippen LogP contribution in [0.2, 0.25) is 0 Å². The average Bonchev–Trinajstić information content (AvgIpc) is 3.09. The van der Waals surface area contributed by atoms with E-state index in [1.807, 2.05) is 66.7 Å². The Morgan fingerprint density at radius 3 is 2.00 bits per heavy atom. The summed E-state index contributed by atoms with van der Waals surface area (Å²) >= 11 is 0. The van der Waals surface area contributed by atoms with Gasteiger partial charge in [0.25, 0.3) is 5.91 Å². The highest BCUT2D eigenvalue weighted by Crippen LogP contribution is 2.23. The van der Waals surface area contributed by atoms with Crippen molar-refractivity contribution in [3.63, 3.8) is 0 Å². The predicted octanol–water partition coefficient (Wildman–Crippen LogP) is 4.15. The van der Waals surface area contributed by atoms with Gasteiger partial charge in [-0.05, 0) is 76.7 Å². The molecule has 0 aliphatic rings. The van der Waals surface area contributed by atoms with Crippen molar-refractivity contribution in [3.8, 4) is 16.9 Å². The quantitative estimate of drug-likeness (QED) is 0.159. The van der Waals surface area contributed by atoms with Crippen LogP contribution in [-0.2, 0) is 39.0 Å². The fourth-order valence-corrected chi connectivity index (χ4v) is 5.14. The van der Waals surface area contributed by atoms with Crippen LogP contribution in [0.4, 0.5) is 13.2 Å². The first kappa shape index (κ1) is 39.2. The van der Waals surface area contributed by atoms with Crippen molar-refractivity contribution in [3.05, 3.63) is 119 Å². The molecular weight excluding hydrogens is 677 g/mol. The number of sulfonamides is 1. The van der Waals surface area contributed by atoms with Gasteiger partial charge >= 0.3 is 12.1 Å². The smallest absolute Gasteiger partial charge is 0.490 e. The highest BCUT2D eigenvalue weighted by Gasteiger charge is 2.38. The SMILES string of the molecule is COc1ccc(CC(=O)N(CCc2ccc(S(N)(=O)=O)cc2)Cc2cccc(-c3cccc(C(=O)NCCN)c3)c2)cc1.O=C(O)C(F)(F)F. The van der Waals surface area contributed by atoms with E-state index < -0.39 is 22.2 Å². The lowest BCUT2D eigenvalue weighted by atomic mass is 10.0. The maximum absolute atomic E-state index is 13.6. The second-order valence-corrected chi connectivity index (χ2v) is 12.5. The molecule has 0 radical (unpaired) electrons. The summed E-state index contributed by atoms with van der Waals surface area (Å²) in [6, 6.07) is 29.0. The lowest BCUT2D eigenvalue weighted by Gasteiger charge is -2.24. The van der Waals surface area contributed by atoms with E-state index in [2.05, 4.69) is 5.32 Å². The van der Waals surface area contributed by atoms with Crippen LogP contribution in [0.5, 0.6) is 5.75 Å². The van der Waals surface area contributed by atoms with E-state index in [4.69, 9.17) is 25.5 Å². The van der Waals surface area contributed by atoms with Gasteiger partial charge in [0.2, 0.25) is 15.9 Å². The molecule has 0 aliphatic heterocycles. The van der Waals surface area contributed by atoms with Crippen LogP contribution < -0.4 is 20.9 Å². The Balaban J connectivity index is 0.000000872. The number of amides is 2. The number of alkyl halides is 3. The second-order valence-electron chi connectivity index (χ2n) is 10.9. The molecule has 6 N–H and O–H groups in total. The maximum Gasteiger partial charge on any atom is 0.490 e. The molecule has 0 saturated heterocycles. The zero-order valence-corrected chi connectivity index (χ0v) is 27.8. The molecule has 4 rings (SSSR count). The minimum atomic E-state index is -5.08. The van der Waals surface area contributed by atoms with E-state index in [0.717, 1.165) is 27.8 Å². The molecule has 0 aliphatic carbocycles. The summed E-state index contributed by atoms with van der Waals surface area (Å²) in [6.07, 6.45) is -4.34. The number of carboxylic acids is 1. The van der Waals surface area contributed by atoms with Gasteiger partial charge in [-0.25, -0.2) is 18.4 Å². The van der Waals surface area contributed by atoms with Gasteiger partial charge in [-0.3, -0.25) is 9.59 Å². The number of nitrogens with one attached hydrogen (secondary N) is 1. The number of hydrogen-bond donors (Lipinski definition) is 4. The van der Waals surface area contributed by atoms with Crippen LogP contribution in [0.3, 0.4) is 0 Å². The van der Waals surface area contributed by atoms with Gasteiger partial charge in [-0.15, -0.1) is 0 Å². The zero-order valence-electron chi connectivity index (χ0n) is 27.0. The van der Waals surface area contributed by atoms with E-state index >= 15 is 0 Å². The maximum atomic E-state index is 13.6. The molecule has 0 aromatic heterocycles. The Morgan fingerprint density at radius 2 is 1.44 bits per heavy atom. The minimum Gasteiger partial charge on any atom is -0.497 e. The highest BCUT2D eigenvalue weighted by molar-refractivity contribution is 7.89. The van der Waals surface area contributed by atoms with Crippen molar-refractivity contribution >= 4 is 27.8 Å². The summed E-state index contributed by atoms with van der Waals surface area (Å²) in [5.41, 5.74) is 10.5.